The Hall–Kier alpha value is -3.42. The third kappa shape index (κ3) is 5.63. The number of amides is 1. The van der Waals surface area contributed by atoms with Gasteiger partial charge in [0.25, 0.3) is 11.6 Å². The number of non-ortho nitro benzene ring substituents is 1. The number of rotatable bonds is 7. The smallest absolute Gasteiger partial charge is 0.325 e. The van der Waals surface area contributed by atoms with Crippen LogP contribution < -0.4 is 4.80 Å². The zero-order valence-electron chi connectivity index (χ0n) is 20.3. The predicted molar refractivity (Wildman–Crippen MR) is 137 cm³/mol. The molecular weight excluding hydrogens is 520 g/mol. The molecule has 0 unspecified atom stereocenters. The number of aromatic nitrogens is 1. The Morgan fingerprint density at radius 2 is 1.84 bits per heavy atom. The van der Waals surface area contributed by atoms with Gasteiger partial charge in [-0.05, 0) is 43.2 Å². The minimum atomic E-state index is -3.71. The molecule has 1 aromatic heterocycles. The Morgan fingerprint density at radius 1 is 1.16 bits per heavy atom. The number of hydrogen-bond acceptors (Lipinski definition) is 8. The SMILES string of the molecule is COC(=O)Cn1c(=NC(=O)c2ccc(S(=O)(=O)N(C)C3CCCCC3)cc2)sc2ccc([N+](=O)[O-])cc21. The standard InChI is InChI=1S/C24H26N4O7S2/c1-26(17-6-4-3-5-7-17)37(33,34)19-11-8-16(9-12-19)23(30)25-24-27(15-22(29)35-2)20-14-18(28(31)32)10-13-21(20)36-24/h8-14,17H,3-7,15H2,1-2H3. The number of methoxy groups -OCH3 is 1. The van der Waals surface area contributed by atoms with E-state index in [1.54, 1.807) is 7.05 Å². The third-order valence-electron chi connectivity index (χ3n) is 6.46. The highest BCUT2D eigenvalue weighted by molar-refractivity contribution is 7.89. The van der Waals surface area contributed by atoms with Crippen LogP contribution in [0, 0.1) is 10.1 Å². The number of nitro groups is 1. The molecule has 0 spiro atoms. The molecule has 1 amide bonds. The van der Waals surface area contributed by atoms with Crippen LogP contribution in [0.1, 0.15) is 42.5 Å². The third-order valence-corrected chi connectivity index (χ3v) is 9.44. The van der Waals surface area contributed by atoms with Crippen LogP contribution in [0.15, 0.2) is 52.4 Å². The van der Waals surface area contributed by atoms with Crippen LogP contribution in [0.2, 0.25) is 0 Å². The summed E-state index contributed by atoms with van der Waals surface area (Å²) < 4.78 is 34.3. The number of benzene rings is 2. The largest absolute Gasteiger partial charge is 0.468 e. The number of hydrogen-bond donors (Lipinski definition) is 0. The summed E-state index contributed by atoms with van der Waals surface area (Å²) in [6, 6.07) is 9.69. The summed E-state index contributed by atoms with van der Waals surface area (Å²) in [5.41, 5.74) is 0.354. The molecule has 0 saturated heterocycles. The van der Waals surface area contributed by atoms with Crippen LogP contribution in [0.3, 0.4) is 0 Å². The van der Waals surface area contributed by atoms with E-state index in [1.165, 1.54) is 58.4 Å². The Kier molecular flexibility index (Phi) is 7.85. The van der Waals surface area contributed by atoms with Crippen LogP contribution in [0.4, 0.5) is 5.69 Å². The Balaban J connectivity index is 1.66. The molecule has 0 aliphatic heterocycles. The molecule has 2 aromatic carbocycles. The van der Waals surface area contributed by atoms with E-state index in [4.69, 9.17) is 4.74 Å². The number of esters is 1. The molecular formula is C24H26N4O7S2. The molecule has 0 radical (unpaired) electrons. The van der Waals surface area contributed by atoms with E-state index in [0.717, 1.165) is 43.4 Å². The molecule has 4 rings (SSSR count). The second-order valence-corrected chi connectivity index (χ2v) is 11.7. The lowest BCUT2D eigenvalue weighted by molar-refractivity contribution is -0.384. The second-order valence-electron chi connectivity index (χ2n) is 8.71. The van der Waals surface area contributed by atoms with Crippen molar-refractivity contribution in [2.45, 2.75) is 49.6 Å². The van der Waals surface area contributed by atoms with Gasteiger partial charge in [-0.2, -0.15) is 9.30 Å². The molecule has 0 N–H and O–H groups in total. The van der Waals surface area contributed by atoms with Crippen LogP contribution in [-0.4, -0.2) is 54.3 Å². The van der Waals surface area contributed by atoms with Crippen LogP contribution in [0.5, 0.6) is 0 Å². The van der Waals surface area contributed by atoms with Crippen molar-refractivity contribution in [3.63, 3.8) is 0 Å². The van der Waals surface area contributed by atoms with Gasteiger partial charge in [-0.25, -0.2) is 8.42 Å². The molecule has 0 bridgehead atoms. The van der Waals surface area contributed by atoms with Crippen molar-refractivity contribution in [2.24, 2.45) is 4.99 Å². The number of carbonyl (C=O) groups excluding carboxylic acids is 2. The first kappa shape index (κ1) is 26.6. The molecule has 37 heavy (non-hydrogen) atoms. The predicted octanol–water partition coefficient (Wildman–Crippen LogP) is 3.48. The quantitative estimate of drug-likeness (QED) is 0.251. The topological polar surface area (TPSA) is 141 Å². The van der Waals surface area contributed by atoms with E-state index in [1.807, 2.05) is 0 Å². The van der Waals surface area contributed by atoms with Crippen LogP contribution >= 0.6 is 11.3 Å². The summed E-state index contributed by atoms with van der Waals surface area (Å²) in [7, 11) is -0.908. The number of nitrogens with zero attached hydrogens (tertiary/aromatic N) is 4. The Labute approximate surface area is 217 Å². The lowest BCUT2D eigenvalue weighted by Crippen LogP contribution is -2.38. The Bertz CT molecular complexity index is 1520. The molecule has 13 heteroatoms. The summed E-state index contributed by atoms with van der Waals surface area (Å²) in [5.74, 6) is -1.26. The lowest BCUT2D eigenvalue weighted by Gasteiger charge is -2.30. The second kappa shape index (κ2) is 10.9. The van der Waals surface area contributed by atoms with E-state index in [2.05, 4.69) is 4.99 Å². The summed E-state index contributed by atoms with van der Waals surface area (Å²) in [4.78, 5) is 40.0. The molecule has 0 atom stereocenters. The highest BCUT2D eigenvalue weighted by Crippen LogP contribution is 2.27. The van der Waals surface area contributed by atoms with Gasteiger partial charge in [-0.3, -0.25) is 19.7 Å². The fourth-order valence-electron chi connectivity index (χ4n) is 4.33. The van der Waals surface area contributed by atoms with Crippen molar-refractivity contribution in [2.75, 3.05) is 14.2 Å². The molecule has 1 heterocycles. The van der Waals surface area contributed by atoms with Crippen molar-refractivity contribution >= 4 is 49.1 Å². The highest BCUT2D eigenvalue weighted by atomic mass is 32.2. The molecule has 1 aliphatic carbocycles. The molecule has 3 aromatic rings. The van der Waals surface area contributed by atoms with Crippen molar-refractivity contribution < 1.29 is 27.7 Å². The average molecular weight is 547 g/mol. The molecule has 196 valence electrons. The van der Waals surface area contributed by atoms with Gasteiger partial charge in [0.2, 0.25) is 10.0 Å². The maximum Gasteiger partial charge on any atom is 0.325 e. The monoisotopic (exact) mass is 546 g/mol. The lowest BCUT2D eigenvalue weighted by atomic mass is 9.96. The number of fused-ring (bicyclic) bond motifs is 1. The van der Waals surface area contributed by atoms with Crippen LogP contribution in [0.25, 0.3) is 10.2 Å². The minimum Gasteiger partial charge on any atom is -0.468 e. The first-order chi connectivity index (χ1) is 17.6. The van der Waals surface area contributed by atoms with E-state index in [0.29, 0.717) is 10.2 Å². The summed E-state index contributed by atoms with van der Waals surface area (Å²) >= 11 is 1.09. The first-order valence-electron chi connectivity index (χ1n) is 11.6. The summed E-state index contributed by atoms with van der Waals surface area (Å²) in [6.45, 7) is -0.297. The van der Waals surface area contributed by atoms with E-state index in [-0.39, 0.29) is 33.5 Å². The van der Waals surface area contributed by atoms with Gasteiger partial charge in [-0.15, -0.1) is 0 Å². The van der Waals surface area contributed by atoms with E-state index >= 15 is 0 Å². The van der Waals surface area contributed by atoms with Gasteiger partial charge in [0.05, 0.1) is 27.1 Å². The van der Waals surface area contributed by atoms with Gasteiger partial charge < -0.3 is 9.30 Å². The van der Waals surface area contributed by atoms with Gasteiger partial charge in [0.1, 0.15) is 6.54 Å². The van der Waals surface area contributed by atoms with Gasteiger partial charge >= 0.3 is 5.97 Å². The molecule has 1 aliphatic rings. The molecule has 1 fully saturated rings. The fraction of sp³-hybridized carbons (Fsp3) is 0.375. The highest BCUT2D eigenvalue weighted by Gasteiger charge is 2.29. The van der Waals surface area contributed by atoms with Gasteiger partial charge in [0.15, 0.2) is 4.80 Å². The van der Waals surface area contributed by atoms with Crippen molar-refractivity contribution in [3.05, 3.63) is 62.9 Å². The number of sulfonamides is 1. The van der Waals surface area contributed by atoms with Crippen LogP contribution in [-0.2, 0) is 26.1 Å². The van der Waals surface area contributed by atoms with Crippen molar-refractivity contribution in [3.8, 4) is 0 Å². The van der Waals surface area contributed by atoms with Crippen molar-refractivity contribution in [1.29, 1.82) is 0 Å². The van der Waals surface area contributed by atoms with E-state index < -0.39 is 26.8 Å². The fourth-order valence-corrected chi connectivity index (χ4v) is 6.75. The Morgan fingerprint density at radius 3 is 2.46 bits per heavy atom. The minimum absolute atomic E-state index is 0.0379. The number of carbonyl (C=O) groups is 2. The maximum absolute atomic E-state index is 13.1. The van der Waals surface area contributed by atoms with E-state index in [9.17, 15) is 28.1 Å². The number of ether oxygens (including phenoxy) is 1. The average Bonchev–Trinajstić information content (AvgIpc) is 3.24. The zero-order valence-corrected chi connectivity index (χ0v) is 22.0. The van der Waals surface area contributed by atoms with Gasteiger partial charge in [0, 0.05) is 30.8 Å². The number of nitro benzene ring substituents is 1. The molecule has 1 saturated carbocycles. The molecule has 11 nitrogen and oxygen atoms in total. The maximum atomic E-state index is 13.1. The summed E-state index contributed by atoms with van der Waals surface area (Å²) in [6.07, 6.45) is 4.77. The first-order valence-corrected chi connectivity index (χ1v) is 13.9. The zero-order chi connectivity index (χ0) is 26.7. The number of thiazole rings is 1. The normalized spacial score (nSPS) is 15.3. The van der Waals surface area contributed by atoms with Gasteiger partial charge in [-0.1, -0.05) is 30.6 Å². The van der Waals surface area contributed by atoms with Crippen molar-refractivity contribution in [1.82, 2.24) is 8.87 Å². The summed E-state index contributed by atoms with van der Waals surface area (Å²) in [5, 5.41) is 11.2.